The first-order chi connectivity index (χ1) is 11.3. The van der Waals surface area contributed by atoms with Crippen molar-refractivity contribution in [2.75, 3.05) is 14.2 Å². The van der Waals surface area contributed by atoms with E-state index in [2.05, 4.69) is 10.1 Å². The highest BCUT2D eigenvalue weighted by Crippen LogP contribution is 2.22. The molecule has 0 saturated carbocycles. The maximum atomic E-state index is 5.30. The van der Waals surface area contributed by atoms with Crippen molar-refractivity contribution in [2.24, 2.45) is 0 Å². The lowest BCUT2D eigenvalue weighted by Crippen LogP contribution is -1.85. The SMILES string of the molecule is COc1ccc(-c2noc(/C=C/c3ccccc3OC)n2)cc1. The van der Waals surface area contributed by atoms with Crippen LogP contribution in [0.3, 0.4) is 0 Å². The van der Waals surface area contributed by atoms with Crippen LogP contribution >= 0.6 is 0 Å². The zero-order valence-electron chi connectivity index (χ0n) is 12.9. The van der Waals surface area contributed by atoms with Gasteiger partial charge in [0.25, 0.3) is 5.89 Å². The number of ether oxygens (including phenoxy) is 2. The van der Waals surface area contributed by atoms with Crippen LogP contribution in [0.1, 0.15) is 11.5 Å². The minimum atomic E-state index is 0.432. The first kappa shape index (κ1) is 14.8. The maximum Gasteiger partial charge on any atom is 0.250 e. The number of hydrogen-bond acceptors (Lipinski definition) is 5. The third kappa shape index (κ3) is 3.40. The Hall–Kier alpha value is -3.08. The van der Waals surface area contributed by atoms with Crippen molar-refractivity contribution in [3.63, 3.8) is 0 Å². The quantitative estimate of drug-likeness (QED) is 0.715. The number of methoxy groups -OCH3 is 2. The van der Waals surface area contributed by atoms with E-state index in [0.29, 0.717) is 11.7 Å². The van der Waals surface area contributed by atoms with E-state index < -0.39 is 0 Å². The molecule has 0 aliphatic heterocycles. The first-order valence-corrected chi connectivity index (χ1v) is 7.09. The third-order valence-electron chi connectivity index (χ3n) is 3.33. The summed E-state index contributed by atoms with van der Waals surface area (Å²) in [5.41, 5.74) is 1.81. The number of hydrogen-bond donors (Lipinski definition) is 0. The predicted octanol–water partition coefficient (Wildman–Crippen LogP) is 3.92. The zero-order chi connectivity index (χ0) is 16.1. The molecule has 0 radical (unpaired) electrons. The Balaban J connectivity index is 1.80. The average Bonchev–Trinajstić information content (AvgIpc) is 3.09. The second-order valence-electron chi connectivity index (χ2n) is 4.76. The van der Waals surface area contributed by atoms with Gasteiger partial charge in [-0.3, -0.25) is 0 Å². The summed E-state index contributed by atoms with van der Waals surface area (Å²) in [5.74, 6) is 2.54. The van der Waals surface area contributed by atoms with E-state index in [4.69, 9.17) is 14.0 Å². The highest BCUT2D eigenvalue weighted by molar-refractivity contribution is 5.70. The van der Waals surface area contributed by atoms with Gasteiger partial charge in [0.15, 0.2) is 0 Å². The molecule has 0 N–H and O–H groups in total. The Morgan fingerprint density at radius 3 is 2.43 bits per heavy atom. The zero-order valence-corrected chi connectivity index (χ0v) is 12.9. The molecule has 0 aliphatic rings. The lowest BCUT2D eigenvalue weighted by Gasteiger charge is -2.02. The van der Waals surface area contributed by atoms with Crippen LogP contribution in [0.4, 0.5) is 0 Å². The third-order valence-corrected chi connectivity index (χ3v) is 3.33. The summed E-state index contributed by atoms with van der Waals surface area (Å²) in [6.45, 7) is 0. The maximum absolute atomic E-state index is 5.30. The van der Waals surface area contributed by atoms with Crippen molar-refractivity contribution in [1.29, 1.82) is 0 Å². The second-order valence-corrected chi connectivity index (χ2v) is 4.76. The van der Waals surface area contributed by atoms with Gasteiger partial charge in [0, 0.05) is 17.2 Å². The van der Waals surface area contributed by atoms with E-state index in [1.54, 1.807) is 20.3 Å². The normalized spacial score (nSPS) is 10.9. The fourth-order valence-corrected chi connectivity index (χ4v) is 2.13. The molecule has 3 aromatic rings. The molecule has 0 unspecified atom stereocenters. The van der Waals surface area contributed by atoms with E-state index in [1.165, 1.54) is 0 Å². The van der Waals surface area contributed by atoms with Crippen LogP contribution in [0.5, 0.6) is 11.5 Å². The molecular formula is C18H16N2O3. The van der Waals surface area contributed by atoms with Gasteiger partial charge < -0.3 is 14.0 Å². The molecule has 0 spiro atoms. The fourth-order valence-electron chi connectivity index (χ4n) is 2.13. The summed E-state index contributed by atoms with van der Waals surface area (Å²) < 4.78 is 15.7. The molecule has 1 heterocycles. The van der Waals surface area contributed by atoms with E-state index in [0.717, 1.165) is 22.6 Å². The van der Waals surface area contributed by atoms with E-state index >= 15 is 0 Å². The summed E-state index contributed by atoms with van der Waals surface area (Å²) in [6, 6.07) is 15.2. The monoisotopic (exact) mass is 308 g/mol. The van der Waals surface area contributed by atoms with Crippen LogP contribution in [0.2, 0.25) is 0 Å². The van der Waals surface area contributed by atoms with Gasteiger partial charge >= 0.3 is 0 Å². The predicted molar refractivity (Wildman–Crippen MR) is 88.2 cm³/mol. The Kier molecular flexibility index (Phi) is 4.38. The number of aromatic nitrogens is 2. The summed E-state index contributed by atoms with van der Waals surface area (Å²) >= 11 is 0. The number of para-hydroxylation sites is 1. The molecule has 0 atom stereocenters. The lowest BCUT2D eigenvalue weighted by molar-refractivity contribution is 0.410. The molecular weight excluding hydrogens is 292 g/mol. The Morgan fingerprint density at radius 2 is 1.70 bits per heavy atom. The van der Waals surface area contributed by atoms with Crippen molar-refractivity contribution < 1.29 is 14.0 Å². The lowest BCUT2D eigenvalue weighted by atomic mass is 10.2. The first-order valence-electron chi connectivity index (χ1n) is 7.09. The summed E-state index contributed by atoms with van der Waals surface area (Å²) in [4.78, 5) is 4.36. The molecule has 0 amide bonds. The average molecular weight is 308 g/mol. The van der Waals surface area contributed by atoms with Gasteiger partial charge in [-0.15, -0.1) is 0 Å². The second kappa shape index (κ2) is 6.79. The van der Waals surface area contributed by atoms with Gasteiger partial charge in [-0.05, 0) is 36.4 Å². The van der Waals surface area contributed by atoms with Gasteiger partial charge in [0.05, 0.1) is 14.2 Å². The van der Waals surface area contributed by atoms with Crippen LogP contribution in [-0.4, -0.2) is 24.4 Å². The number of benzene rings is 2. The summed E-state index contributed by atoms with van der Waals surface area (Å²) in [6.07, 6.45) is 3.64. The molecule has 0 aliphatic carbocycles. The molecule has 0 bridgehead atoms. The van der Waals surface area contributed by atoms with Gasteiger partial charge in [-0.25, -0.2) is 0 Å². The van der Waals surface area contributed by atoms with Crippen molar-refractivity contribution in [2.45, 2.75) is 0 Å². The molecule has 1 aromatic heterocycles. The van der Waals surface area contributed by atoms with Crippen molar-refractivity contribution in [3.05, 3.63) is 60.0 Å². The van der Waals surface area contributed by atoms with Crippen LogP contribution in [0.25, 0.3) is 23.5 Å². The van der Waals surface area contributed by atoms with Crippen LogP contribution < -0.4 is 9.47 Å². The Labute approximate surface area is 134 Å². The number of nitrogens with zero attached hydrogens (tertiary/aromatic N) is 2. The van der Waals surface area contributed by atoms with Crippen LogP contribution in [0, 0.1) is 0 Å². The topological polar surface area (TPSA) is 57.4 Å². The molecule has 2 aromatic carbocycles. The fraction of sp³-hybridized carbons (Fsp3) is 0.111. The molecule has 0 saturated heterocycles. The minimum absolute atomic E-state index is 0.432. The van der Waals surface area contributed by atoms with Crippen molar-refractivity contribution in [3.8, 4) is 22.9 Å². The Morgan fingerprint density at radius 1 is 0.913 bits per heavy atom. The van der Waals surface area contributed by atoms with Gasteiger partial charge in [-0.2, -0.15) is 4.98 Å². The molecule has 5 nitrogen and oxygen atoms in total. The van der Waals surface area contributed by atoms with E-state index in [9.17, 15) is 0 Å². The van der Waals surface area contributed by atoms with E-state index in [1.807, 2.05) is 54.6 Å². The smallest absolute Gasteiger partial charge is 0.250 e. The van der Waals surface area contributed by atoms with Crippen molar-refractivity contribution >= 4 is 12.2 Å². The van der Waals surface area contributed by atoms with Crippen molar-refractivity contribution in [1.82, 2.24) is 10.1 Å². The molecule has 23 heavy (non-hydrogen) atoms. The van der Waals surface area contributed by atoms with Gasteiger partial charge in [-0.1, -0.05) is 23.4 Å². The Bertz CT molecular complexity index is 807. The van der Waals surface area contributed by atoms with E-state index in [-0.39, 0.29) is 0 Å². The molecule has 3 rings (SSSR count). The highest BCUT2D eigenvalue weighted by atomic mass is 16.5. The summed E-state index contributed by atoms with van der Waals surface area (Å²) in [5, 5.41) is 3.99. The largest absolute Gasteiger partial charge is 0.497 e. The van der Waals surface area contributed by atoms with Gasteiger partial charge in [0.1, 0.15) is 11.5 Å². The molecule has 0 fully saturated rings. The minimum Gasteiger partial charge on any atom is -0.497 e. The molecule has 116 valence electrons. The van der Waals surface area contributed by atoms with Crippen LogP contribution in [-0.2, 0) is 0 Å². The number of rotatable bonds is 5. The standard InChI is InChI=1S/C18H16N2O3/c1-21-15-10-7-14(8-11-15)18-19-17(23-20-18)12-9-13-5-3-4-6-16(13)22-2/h3-12H,1-2H3/b12-9+. The molecule has 5 heteroatoms. The van der Waals surface area contributed by atoms with Gasteiger partial charge in [0.2, 0.25) is 5.82 Å². The van der Waals surface area contributed by atoms with Crippen LogP contribution in [0.15, 0.2) is 53.1 Å². The highest BCUT2D eigenvalue weighted by Gasteiger charge is 2.07. The summed E-state index contributed by atoms with van der Waals surface area (Å²) in [7, 11) is 3.27.